The van der Waals surface area contributed by atoms with E-state index < -0.39 is 0 Å². The first-order valence-electron chi connectivity index (χ1n) is 12.0. The lowest BCUT2D eigenvalue weighted by molar-refractivity contribution is -0.120. The summed E-state index contributed by atoms with van der Waals surface area (Å²) in [5, 5.41) is 4.12. The van der Waals surface area contributed by atoms with Gasteiger partial charge in [-0.05, 0) is 63.5 Å². The molecule has 1 N–H and O–H groups in total. The van der Waals surface area contributed by atoms with Crippen LogP contribution in [-0.4, -0.2) is 40.5 Å². The largest absolute Gasteiger partial charge is 0.383 e. The molecule has 2 atom stereocenters. The van der Waals surface area contributed by atoms with Gasteiger partial charge in [0, 0.05) is 18.0 Å². The summed E-state index contributed by atoms with van der Waals surface area (Å²) >= 11 is 2.99. The number of carbonyl (C=O) groups is 1. The third-order valence-electron chi connectivity index (χ3n) is 6.31. The zero-order valence-electron chi connectivity index (χ0n) is 20.1. The quantitative estimate of drug-likeness (QED) is 0.326. The molecule has 0 saturated carbocycles. The van der Waals surface area contributed by atoms with Crippen LogP contribution in [0, 0.1) is 0 Å². The van der Waals surface area contributed by atoms with Crippen molar-refractivity contribution in [3.05, 3.63) is 56.7 Å². The minimum Gasteiger partial charge on any atom is -0.383 e. The predicted octanol–water partition coefficient (Wildman–Crippen LogP) is 4.60. The number of fused-ring (bicyclic) bond motifs is 3. The van der Waals surface area contributed by atoms with Gasteiger partial charge in [-0.2, -0.15) is 0 Å². The molecule has 8 heteroatoms. The van der Waals surface area contributed by atoms with Crippen molar-refractivity contribution in [3.63, 3.8) is 0 Å². The van der Waals surface area contributed by atoms with E-state index in [1.54, 1.807) is 23.0 Å². The molecule has 0 spiro atoms. The van der Waals surface area contributed by atoms with Crippen LogP contribution in [0.25, 0.3) is 10.2 Å². The second-order valence-electron chi connectivity index (χ2n) is 8.93. The van der Waals surface area contributed by atoms with Gasteiger partial charge in [-0.15, -0.1) is 11.3 Å². The summed E-state index contributed by atoms with van der Waals surface area (Å²) in [6, 6.07) is 10.4. The number of thiophene rings is 1. The normalized spacial score (nSPS) is 15.1. The van der Waals surface area contributed by atoms with Crippen molar-refractivity contribution in [2.45, 2.75) is 75.4 Å². The Morgan fingerprint density at radius 3 is 2.76 bits per heavy atom. The Morgan fingerprint density at radius 1 is 1.24 bits per heavy atom. The van der Waals surface area contributed by atoms with E-state index in [9.17, 15) is 9.59 Å². The molecule has 182 valence electrons. The Balaban J connectivity index is 1.49. The smallest absolute Gasteiger partial charge is 0.263 e. The van der Waals surface area contributed by atoms with E-state index in [0.29, 0.717) is 18.3 Å². The highest BCUT2D eigenvalue weighted by molar-refractivity contribution is 8.00. The van der Waals surface area contributed by atoms with Gasteiger partial charge in [-0.1, -0.05) is 42.1 Å². The first kappa shape index (κ1) is 24.9. The Hall–Kier alpha value is -2.16. The molecule has 0 unspecified atom stereocenters. The Morgan fingerprint density at radius 2 is 2.00 bits per heavy atom. The maximum absolute atomic E-state index is 13.5. The summed E-state index contributed by atoms with van der Waals surface area (Å²) in [5.41, 5.74) is 2.45. The molecule has 1 aliphatic rings. The predicted molar refractivity (Wildman–Crippen MR) is 140 cm³/mol. The van der Waals surface area contributed by atoms with Crippen LogP contribution in [0.15, 0.2) is 40.3 Å². The zero-order valence-corrected chi connectivity index (χ0v) is 21.8. The minimum atomic E-state index is -0.369. The van der Waals surface area contributed by atoms with Gasteiger partial charge in [0.15, 0.2) is 5.16 Å². The summed E-state index contributed by atoms with van der Waals surface area (Å²) in [4.78, 5) is 33.4. The summed E-state index contributed by atoms with van der Waals surface area (Å²) in [7, 11) is 1.63. The average Bonchev–Trinajstić information content (AvgIpc) is 3.21. The third kappa shape index (κ3) is 5.73. The number of benzene rings is 1. The van der Waals surface area contributed by atoms with Crippen LogP contribution in [-0.2, 0) is 35.3 Å². The van der Waals surface area contributed by atoms with Crippen molar-refractivity contribution in [1.29, 1.82) is 0 Å². The van der Waals surface area contributed by atoms with E-state index in [4.69, 9.17) is 9.72 Å². The average molecular weight is 500 g/mol. The van der Waals surface area contributed by atoms with Crippen molar-refractivity contribution in [2.24, 2.45) is 0 Å². The SMILES string of the molecule is COCCn1c(S[C@H](C)C(=O)N[C@@H](C)CCc2ccccc2)nc2sc3c(c2c1=O)CCCC3. The Kier molecular flexibility index (Phi) is 8.45. The summed E-state index contributed by atoms with van der Waals surface area (Å²) < 4.78 is 6.95. The van der Waals surface area contributed by atoms with E-state index in [1.165, 1.54) is 34.2 Å². The fourth-order valence-corrected chi connectivity index (χ4v) is 6.61. The number of hydrogen-bond acceptors (Lipinski definition) is 6. The number of ether oxygens (including phenoxy) is 1. The monoisotopic (exact) mass is 499 g/mol. The number of nitrogens with zero attached hydrogens (tertiary/aromatic N) is 2. The molecule has 0 saturated heterocycles. The van der Waals surface area contributed by atoms with Crippen LogP contribution in [0.5, 0.6) is 0 Å². The number of rotatable bonds is 10. The van der Waals surface area contributed by atoms with E-state index in [0.717, 1.165) is 42.3 Å². The number of amides is 1. The number of methoxy groups -OCH3 is 1. The fraction of sp³-hybridized carbons (Fsp3) is 0.500. The Bertz CT molecular complexity index is 1190. The number of hydrogen-bond donors (Lipinski definition) is 1. The van der Waals surface area contributed by atoms with Crippen molar-refractivity contribution in [1.82, 2.24) is 14.9 Å². The molecule has 0 aliphatic heterocycles. The molecule has 2 aromatic heterocycles. The highest BCUT2D eigenvalue weighted by atomic mass is 32.2. The molecule has 1 aliphatic carbocycles. The van der Waals surface area contributed by atoms with E-state index in [2.05, 4.69) is 17.4 Å². The fourth-order valence-electron chi connectivity index (χ4n) is 4.36. The van der Waals surface area contributed by atoms with Gasteiger partial charge < -0.3 is 10.1 Å². The lowest BCUT2D eigenvalue weighted by Gasteiger charge is -2.19. The van der Waals surface area contributed by atoms with E-state index >= 15 is 0 Å². The van der Waals surface area contributed by atoms with E-state index in [1.807, 2.05) is 32.0 Å². The second-order valence-corrected chi connectivity index (χ2v) is 11.3. The lowest BCUT2D eigenvalue weighted by atomic mass is 9.97. The molecule has 1 amide bonds. The van der Waals surface area contributed by atoms with Gasteiger partial charge in [0.1, 0.15) is 4.83 Å². The van der Waals surface area contributed by atoms with Crippen molar-refractivity contribution < 1.29 is 9.53 Å². The minimum absolute atomic E-state index is 0.00668. The standard InChI is InChI=1S/C26H33N3O3S2/c1-17(13-14-19-9-5-4-6-10-19)27-23(30)18(2)33-26-28-24-22(25(31)29(26)15-16-32-3)20-11-7-8-12-21(20)34-24/h4-6,9-10,17-18H,7-8,11-16H2,1-3H3,(H,27,30)/t17-,18+/m0/s1. The molecule has 4 rings (SSSR count). The van der Waals surface area contributed by atoms with Crippen LogP contribution in [0.2, 0.25) is 0 Å². The van der Waals surface area contributed by atoms with E-state index in [-0.39, 0.29) is 22.8 Å². The van der Waals surface area contributed by atoms with Gasteiger partial charge in [-0.3, -0.25) is 14.2 Å². The van der Waals surface area contributed by atoms with Crippen molar-refractivity contribution in [3.8, 4) is 0 Å². The second kappa shape index (κ2) is 11.5. The van der Waals surface area contributed by atoms with Crippen LogP contribution in [0.3, 0.4) is 0 Å². The highest BCUT2D eigenvalue weighted by Gasteiger charge is 2.24. The Labute approximate surface area is 209 Å². The van der Waals surface area contributed by atoms with Gasteiger partial charge in [0.25, 0.3) is 5.56 Å². The van der Waals surface area contributed by atoms with Crippen LogP contribution in [0.4, 0.5) is 0 Å². The zero-order chi connectivity index (χ0) is 24.1. The van der Waals surface area contributed by atoms with Crippen molar-refractivity contribution in [2.75, 3.05) is 13.7 Å². The van der Waals surface area contributed by atoms with Crippen molar-refractivity contribution >= 4 is 39.2 Å². The summed E-state index contributed by atoms with van der Waals surface area (Å²) in [6.07, 6.45) is 6.04. The molecular weight excluding hydrogens is 466 g/mol. The molecule has 0 radical (unpaired) electrons. The molecule has 2 heterocycles. The maximum atomic E-state index is 13.5. The van der Waals surface area contributed by atoms with Gasteiger partial charge in [-0.25, -0.2) is 4.98 Å². The summed E-state index contributed by atoms with van der Waals surface area (Å²) in [6.45, 7) is 4.75. The summed E-state index contributed by atoms with van der Waals surface area (Å²) in [5.74, 6) is -0.0383. The maximum Gasteiger partial charge on any atom is 0.263 e. The molecule has 34 heavy (non-hydrogen) atoms. The molecule has 1 aromatic carbocycles. The molecule has 3 aromatic rings. The third-order valence-corrected chi connectivity index (χ3v) is 8.58. The van der Waals surface area contributed by atoms with Gasteiger partial charge >= 0.3 is 0 Å². The first-order valence-corrected chi connectivity index (χ1v) is 13.7. The number of nitrogens with one attached hydrogen (secondary N) is 1. The lowest BCUT2D eigenvalue weighted by Crippen LogP contribution is -2.38. The van der Waals surface area contributed by atoms with Gasteiger partial charge in [0.05, 0.1) is 23.8 Å². The van der Waals surface area contributed by atoms with Gasteiger partial charge in [0.2, 0.25) is 5.91 Å². The molecule has 6 nitrogen and oxygen atoms in total. The number of aromatic nitrogens is 2. The number of aryl methyl sites for hydroxylation is 3. The van der Waals surface area contributed by atoms with Crippen LogP contribution in [0.1, 0.15) is 49.1 Å². The molecular formula is C26H33N3O3S2. The molecule has 0 bridgehead atoms. The van der Waals surface area contributed by atoms with Crippen LogP contribution >= 0.6 is 23.1 Å². The topological polar surface area (TPSA) is 73.2 Å². The highest BCUT2D eigenvalue weighted by Crippen LogP contribution is 2.35. The molecule has 0 fully saturated rings. The first-order chi connectivity index (χ1) is 16.5. The number of carbonyl (C=O) groups excluding carboxylic acids is 1. The van der Waals surface area contributed by atoms with Crippen LogP contribution < -0.4 is 10.9 Å². The number of thioether (sulfide) groups is 1.